The maximum atomic E-state index is 11.4. The van der Waals surface area contributed by atoms with E-state index in [4.69, 9.17) is 0 Å². The van der Waals surface area contributed by atoms with Crippen molar-refractivity contribution in [2.24, 2.45) is 0 Å². The minimum atomic E-state index is -4.30. The van der Waals surface area contributed by atoms with Crippen molar-refractivity contribution in [2.45, 2.75) is 11.8 Å². The van der Waals surface area contributed by atoms with Crippen LogP contribution in [0, 0.1) is 4.91 Å². The Morgan fingerprint density at radius 1 is 1.27 bits per heavy atom. The molecule has 0 spiro atoms. The van der Waals surface area contributed by atoms with Gasteiger partial charge in [-0.15, -0.1) is 13.3 Å². The average Bonchev–Trinajstić information content (AvgIpc) is 2.18. The van der Waals surface area contributed by atoms with Crippen LogP contribution in [0.15, 0.2) is 35.2 Å². The summed E-state index contributed by atoms with van der Waals surface area (Å²) < 4.78 is 22.1. The Bertz CT molecular complexity index is 479. The van der Waals surface area contributed by atoms with Gasteiger partial charge in [0.15, 0.2) is 0 Å². The maximum Gasteiger partial charge on any atom is 0.489 e. The second kappa shape index (κ2) is 4.18. The van der Waals surface area contributed by atoms with Crippen molar-refractivity contribution in [3.8, 4) is 0 Å². The molecule has 0 aliphatic heterocycles. The zero-order valence-corrected chi connectivity index (χ0v) is 8.60. The molecule has 0 aliphatic rings. The van der Waals surface area contributed by atoms with E-state index >= 15 is 0 Å². The van der Waals surface area contributed by atoms with Gasteiger partial charge in [0.05, 0.1) is 4.91 Å². The molecule has 0 saturated heterocycles. The molecule has 0 fully saturated rings. The highest BCUT2D eigenvalue weighted by Gasteiger charge is 2.36. The molecule has 0 atom stereocenters. The molecule has 6 nitrogen and oxygen atoms in total. The third-order valence-electron chi connectivity index (χ3n) is 1.44. The van der Waals surface area contributed by atoms with Gasteiger partial charge >= 0.3 is 20.3 Å². The minimum absolute atomic E-state index is 0.235. The number of nitrogens with zero attached hydrogens (tertiary/aromatic N) is 1. The van der Waals surface area contributed by atoms with E-state index in [1.165, 1.54) is 24.3 Å². The summed E-state index contributed by atoms with van der Waals surface area (Å²) in [5.41, 5.74) is 0. The third kappa shape index (κ3) is 2.59. The quantitative estimate of drug-likeness (QED) is 0.711. The van der Waals surface area contributed by atoms with Crippen LogP contribution in [0.4, 0.5) is 0 Å². The summed E-state index contributed by atoms with van der Waals surface area (Å²) in [5, 5.41) is 0. The van der Waals surface area contributed by atoms with Gasteiger partial charge in [-0.2, -0.15) is 0 Å². The van der Waals surface area contributed by atoms with Crippen molar-refractivity contribution in [1.82, 2.24) is 0 Å². The van der Waals surface area contributed by atoms with E-state index in [0.29, 0.717) is 0 Å². The third-order valence-corrected chi connectivity index (χ3v) is 2.78. The molecule has 0 radical (unpaired) electrons. The zero-order chi connectivity index (χ0) is 11.5. The summed E-state index contributed by atoms with van der Waals surface area (Å²) in [6.45, 7) is 0.936. The lowest BCUT2D eigenvalue weighted by molar-refractivity contribution is -0.660. The summed E-state index contributed by atoms with van der Waals surface area (Å²) in [7, 11) is -4.30. The number of carbonyl (C=O) groups is 1. The SMILES string of the molecule is CC(=O)O[N+](=O)S(=O)(=O)c1ccccc1. The van der Waals surface area contributed by atoms with Crippen molar-refractivity contribution in [3.05, 3.63) is 35.2 Å². The number of sulfonamides is 1. The van der Waals surface area contributed by atoms with Crippen LogP contribution in [0.5, 0.6) is 0 Å². The maximum absolute atomic E-state index is 11.4. The van der Waals surface area contributed by atoms with Crippen LogP contribution in [-0.4, -0.2) is 18.7 Å². The van der Waals surface area contributed by atoms with Crippen LogP contribution in [0.3, 0.4) is 0 Å². The van der Waals surface area contributed by atoms with Crippen LogP contribution in [0.1, 0.15) is 6.92 Å². The Balaban J connectivity index is 3.04. The Morgan fingerprint density at radius 2 is 1.80 bits per heavy atom. The highest BCUT2D eigenvalue weighted by molar-refractivity contribution is 7.85. The summed E-state index contributed by atoms with van der Waals surface area (Å²) >= 11 is 0. The first kappa shape index (κ1) is 11.3. The molecular formula is C8H8NO5S+. The van der Waals surface area contributed by atoms with Crippen molar-refractivity contribution in [1.29, 1.82) is 0 Å². The molecule has 1 aromatic rings. The number of hydrogen-bond acceptors (Lipinski definition) is 5. The topological polar surface area (TPSA) is 80.5 Å². The molecule has 0 unspecified atom stereocenters. The highest BCUT2D eigenvalue weighted by Crippen LogP contribution is 2.10. The Kier molecular flexibility index (Phi) is 3.15. The Morgan fingerprint density at radius 3 is 2.27 bits per heavy atom. The van der Waals surface area contributed by atoms with Crippen LogP contribution in [0.25, 0.3) is 0 Å². The molecule has 80 valence electrons. The fourth-order valence-corrected chi connectivity index (χ4v) is 1.71. The predicted octanol–water partition coefficient (Wildman–Crippen LogP) is 0.632. The van der Waals surface area contributed by atoms with E-state index in [9.17, 15) is 18.1 Å². The van der Waals surface area contributed by atoms with Crippen molar-refractivity contribution < 1.29 is 22.4 Å². The molecule has 0 heterocycles. The second-order valence-corrected chi connectivity index (χ2v) is 4.31. The first-order chi connectivity index (χ1) is 6.94. The zero-order valence-electron chi connectivity index (χ0n) is 7.78. The molecule has 0 amide bonds. The van der Waals surface area contributed by atoms with Crippen LogP contribution in [-0.2, 0) is 19.7 Å². The largest absolute Gasteiger partial charge is 0.489 e. The fourth-order valence-electron chi connectivity index (χ4n) is 0.833. The Labute approximate surface area is 86.1 Å². The molecule has 0 N–H and O–H groups in total. The van der Waals surface area contributed by atoms with E-state index < -0.39 is 20.3 Å². The van der Waals surface area contributed by atoms with Gasteiger partial charge in [0.1, 0.15) is 4.90 Å². The standard InChI is InChI=1S/C8H8NO5S/c1-7(10)14-9(11)15(12,13)8-5-3-2-4-6-8/h2-6H,1H3/q+1. The van der Waals surface area contributed by atoms with Crippen LogP contribution < -0.4 is 0 Å². The van der Waals surface area contributed by atoms with Crippen molar-refractivity contribution in [3.63, 3.8) is 0 Å². The molecule has 1 rings (SSSR count). The molecule has 0 bridgehead atoms. The average molecular weight is 230 g/mol. The van der Waals surface area contributed by atoms with E-state index in [0.717, 1.165) is 6.92 Å². The molecular weight excluding hydrogens is 222 g/mol. The van der Waals surface area contributed by atoms with Crippen molar-refractivity contribution >= 4 is 16.0 Å². The lowest BCUT2D eigenvalue weighted by atomic mass is 10.4. The van der Waals surface area contributed by atoms with Gasteiger partial charge in [-0.05, 0) is 12.1 Å². The number of rotatable bonds is 3. The van der Waals surface area contributed by atoms with Gasteiger partial charge in [0.25, 0.3) is 0 Å². The van der Waals surface area contributed by atoms with E-state index in [1.807, 2.05) is 0 Å². The molecule has 15 heavy (non-hydrogen) atoms. The summed E-state index contributed by atoms with van der Waals surface area (Å²) in [6.07, 6.45) is 0. The van der Waals surface area contributed by atoms with Gasteiger partial charge in [-0.25, -0.2) is 4.79 Å². The van der Waals surface area contributed by atoms with Gasteiger partial charge in [0, 0.05) is 6.92 Å². The van der Waals surface area contributed by atoms with Gasteiger partial charge in [0.2, 0.25) is 0 Å². The summed E-state index contributed by atoms with van der Waals surface area (Å²) in [4.78, 5) is 25.1. The van der Waals surface area contributed by atoms with Gasteiger partial charge in [-0.1, -0.05) is 18.2 Å². The molecule has 7 heteroatoms. The Hall–Kier alpha value is -1.76. The lowest BCUT2D eigenvalue weighted by Gasteiger charge is -1.92. The highest BCUT2D eigenvalue weighted by atomic mass is 32.2. The lowest BCUT2D eigenvalue weighted by Crippen LogP contribution is -2.21. The second-order valence-electron chi connectivity index (χ2n) is 2.59. The van der Waals surface area contributed by atoms with Gasteiger partial charge < -0.3 is 0 Å². The molecule has 0 saturated carbocycles. The van der Waals surface area contributed by atoms with Crippen LogP contribution >= 0.6 is 0 Å². The smallest absolute Gasteiger partial charge is 0.245 e. The fraction of sp³-hybridized carbons (Fsp3) is 0.125. The summed E-state index contributed by atoms with van der Waals surface area (Å²) in [5.74, 6) is -0.996. The first-order valence-electron chi connectivity index (χ1n) is 3.90. The number of hydrogen-bond donors (Lipinski definition) is 0. The number of benzene rings is 1. The van der Waals surface area contributed by atoms with E-state index in [2.05, 4.69) is 4.84 Å². The molecule has 0 aromatic heterocycles. The number of carbonyl (C=O) groups excluding carboxylic acids is 1. The minimum Gasteiger partial charge on any atom is -0.245 e. The van der Waals surface area contributed by atoms with E-state index in [-0.39, 0.29) is 4.90 Å². The molecule has 0 aliphatic carbocycles. The first-order valence-corrected chi connectivity index (χ1v) is 5.34. The van der Waals surface area contributed by atoms with E-state index in [1.54, 1.807) is 6.07 Å². The van der Waals surface area contributed by atoms with Crippen molar-refractivity contribution in [2.75, 3.05) is 0 Å². The monoisotopic (exact) mass is 230 g/mol. The van der Waals surface area contributed by atoms with Crippen LogP contribution in [0.2, 0.25) is 0 Å². The normalized spacial score (nSPS) is 10.7. The molecule has 1 aromatic carbocycles. The predicted molar refractivity (Wildman–Crippen MR) is 49.0 cm³/mol. The van der Waals surface area contributed by atoms with Gasteiger partial charge in [-0.3, -0.25) is 0 Å². The summed E-state index contributed by atoms with van der Waals surface area (Å²) in [6, 6.07) is 6.95.